The number of nitrogens with zero attached hydrogens (tertiary/aromatic N) is 1. The first-order valence-corrected chi connectivity index (χ1v) is 10.2. The normalized spacial score (nSPS) is 22.2. The Morgan fingerprint density at radius 3 is 2.80 bits per heavy atom. The second-order valence-electron chi connectivity index (χ2n) is 8.17. The van der Waals surface area contributed by atoms with Gasteiger partial charge in [0.2, 0.25) is 11.8 Å². The van der Waals surface area contributed by atoms with Crippen LogP contribution in [0.1, 0.15) is 47.7 Å². The van der Waals surface area contributed by atoms with E-state index in [9.17, 15) is 19.2 Å². The standard InChI is InChI=1S/C21H25N3O6/c1-2-21(10-29-11-21)12-30-20(28)22-8-13-3-4-14-9-24(19(27)15(14)7-13)16-5-6-17(25)23-18(16)26/h3-4,7,16H,2,5-6,8-12H2,1H3,(H,22,28)(H,23,25,26). The molecule has 2 fully saturated rings. The van der Waals surface area contributed by atoms with Crippen molar-refractivity contribution < 1.29 is 28.7 Å². The van der Waals surface area contributed by atoms with Crippen molar-refractivity contribution in [1.82, 2.24) is 15.5 Å². The van der Waals surface area contributed by atoms with E-state index >= 15 is 0 Å². The number of hydrogen-bond acceptors (Lipinski definition) is 6. The highest BCUT2D eigenvalue weighted by Gasteiger charge is 2.39. The van der Waals surface area contributed by atoms with Crippen LogP contribution in [0.25, 0.3) is 0 Å². The van der Waals surface area contributed by atoms with Gasteiger partial charge in [-0.25, -0.2) is 4.79 Å². The molecule has 3 aliphatic heterocycles. The number of fused-ring (bicyclic) bond motifs is 1. The molecule has 1 unspecified atom stereocenters. The molecule has 1 atom stereocenters. The van der Waals surface area contributed by atoms with E-state index < -0.39 is 18.0 Å². The third-order valence-corrected chi connectivity index (χ3v) is 6.11. The van der Waals surface area contributed by atoms with Gasteiger partial charge < -0.3 is 19.7 Å². The van der Waals surface area contributed by atoms with Crippen molar-refractivity contribution in [2.45, 2.75) is 45.3 Å². The van der Waals surface area contributed by atoms with Crippen LogP contribution in [0, 0.1) is 5.41 Å². The fourth-order valence-corrected chi connectivity index (χ4v) is 3.94. The number of alkyl carbamates (subject to hydrolysis) is 1. The van der Waals surface area contributed by atoms with Gasteiger partial charge in [0.25, 0.3) is 5.91 Å². The molecular formula is C21H25N3O6. The first kappa shape index (κ1) is 20.3. The zero-order valence-corrected chi connectivity index (χ0v) is 16.9. The average Bonchev–Trinajstić information content (AvgIpc) is 3.02. The van der Waals surface area contributed by atoms with Crippen molar-refractivity contribution in [2.24, 2.45) is 5.41 Å². The van der Waals surface area contributed by atoms with Gasteiger partial charge in [-0.2, -0.15) is 0 Å². The molecule has 160 valence electrons. The molecule has 9 heteroatoms. The summed E-state index contributed by atoms with van der Waals surface area (Å²) < 4.78 is 10.5. The van der Waals surface area contributed by atoms with Gasteiger partial charge in [0.1, 0.15) is 12.6 Å². The Kier molecular flexibility index (Phi) is 5.46. The third-order valence-electron chi connectivity index (χ3n) is 6.11. The molecule has 9 nitrogen and oxygen atoms in total. The number of amides is 4. The van der Waals surface area contributed by atoms with Crippen LogP contribution in [-0.2, 0) is 32.2 Å². The molecule has 3 heterocycles. The summed E-state index contributed by atoms with van der Waals surface area (Å²) >= 11 is 0. The second kappa shape index (κ2) is 8.06. The minimum absolute atomic E-state index is 0.0726. The maximum Gasteiger partial charge on any atom is 0.407 e. The fraction of sp³-hybridized carbons (Fsp3) is 0.524. The van der Waals surface area contributed by atoms with Gasteiger partial charge in [0, 0.05) is 25.1 Å². The summed E-state index contributed by atoms with van der Waals surface area (Å²) in [5.74, 6) is -0.979. The van der Waals surface area contributed by atoms with Crippen molar-refractivity contribution in [2.75, 3.05) is 19.8 Å². The Morgan fingerprint density at radius 2 is 2.13 bits per heavy atom. The summed E-state index contributed by atoms with van der Waals surface area (Å²) in [6.45, 7) is 4.13. The maximum atomic E-state index is 12.8. The molecule has 0 aromatic heterocycles. The molecule has 1 aromatic rings. The molecule has 30 heavy (non-hydrogen) atoms. The number of rotatable bonds is 6. The third kappa shape index (κ3) is 3.89. The van der Waals surface area contributed by atoms with Crippen molar-refractivity contribution >= 4 is 23.8 Å². The molecule has 1 aromatic carbocycles. The monoisotopic (exact) mass is 415 g/mol. The van der Waals surface area contributed by atoms with E-state index in [1.165, 1.54) is 4.90 Å². The van der Waals surface area contributed by atoms with Crippen LogP contribution >= 0.6 is 0 Å². The lowest BCUT2D eigenvalue weighted by Crippen LogP contribution is -2.52. The molecule has 0 saturated carbocycles. The number of benzene rings is 1. The van der Waals surface area contributed by atoms with Crippen molar-refractivity contribution in [1.29, 1.82) is 0 Å². The van der Waals surface area contributed by atoms with E-state index in [0.717, 1.165) is 17.5 Å². The average molecular weight is 415 g/mol. The van der Waals surface area contributed by atoms with Gasteiger partial charge in [-0.05, 0) is 30.0 Å². The van der Waals surface area contributed by atoms with Crippen molar-refractivity contribution in [3.63, 3.8) is 0 Å². The summed E-state index contributed by atoms with van der Waals surface area (Å²) in [6.07, 6.45) is 0.928. The van der Waals surface area contributed by atoms with E-state index in [1.54, 1.807) is 6.07 Å². The zero-order chi connectivity index (χ0) is 21.3. The Hall–Kier alpha value is -2.94. The summed E-state index contributed by atoms with van der Waals surface area (Å²) in [5, 5.41) is 5.00. The highest BCUT2D eigenvalue weighted by Crippen LogP contribution is 2.31. The van der Waals surface area contributed by atoms with Crippen LogP contribution in [-0.4, -0.2) is 54.6 Å². The Morgan fingerprint density at radius 1 is 1.33 bits per heavy atom. The number of ether oxygens (including phenoxy) is 2. The Balaban J connectivity index is 1.33. The lowest BCUT2D eigenvalue weighted by atomic mass is 9.84. The minimum atomic E-state index is -0.638. The molecular weight excluding hydrogens is 390 g/mol. The summed E-state index contributed by atoms with van der Waals surface area (Å²) in [7, 11) is 0. The molecule has 0 bridgehead atoms. The number of carbonyl (C=O) groups excluding carboxylic acids is 4. The second-order valence-corrected chi connectivity index (χ2v) is 8.17. The van der Waals surface area contributed by atoms with E-state index in [1.807, 2.05) is 19.1 Å². The van der Waals surface area contributed by atoms with Gasteiger partial charge in [-0.3, -0.25) is 19.7 Å². The molecule has 0 radical (unpaired) electrons. The Bertz CT molecular complexity index is 889. The number of carbonyl (C=O) groups is 4. The highest BCUT2D eigenvalue weighted by atomic mass is 16.6. The van der Waals surface area contributed by atoms with Gasteiger partial charge in [0.15, 0.2) is 0 Å². The summed E-state index contributed by atoms with van der Waals surface area (Å²) in [6, 6.07) is 4.77. The number of nitrogens with one attached hydrogen (secondary N) is 2. The Labute approximate surface area is 174 Å². The van der Waals surface area contributed by atoms with E-state index in [0.29, 0.717) is 38.3 Å². The topological polar surface area (TPSA) is 114 Å². The van der Waals surface area contributed by atoms with Crippen LogP contribution < -0.4 is 10.6 Å². The summed E-state index contributed by atoms with van der Waals surface area (Å²) in [5.41, 5.74) is 2.03. The number of imide groups is 1. The van der Waals surface area contributed by atoms with Gasteiger partial charge in [-0.15, -0.1) is 0 Å². The fourth-order valence-electron chi connectivity index (χ4n) is 3.94. The lowest BCUT2D eigenvalue weighted by molar-refractivity contribution is -0.138. The van der Waals surface area contributed by atoms with E-state index in [-0.39, 0.29) is 30.2 Å². The highest BCUT2D eigenvalue weighted by molar-refractivity contribution is 6.05. The van der Waals surface area contributed by atoms with Crippen LogP contribution in [0.5, 0.6) is 0 Å². The largest absolute Gasteiger partial charge is 0.449 e. The smallest absolute Gasteiger partial charge is 0.407 e. The first-order valence-electron chi connectivity index (χ1n) is 10.2. The number of piperidine rings is 1. The quantitative estimate of drug-likeness (QED) is 0.673. The predicted octanol–water partition coefficient (Wildman–Crippen LogP) is 1.10. The van der Waals surface area contributed by atoms with Gasteiger partial charge in [-0.1, -0.05) is 19.1 Å². The van der Waals surface area contributed by atoms with Crippen LogP contribution in [0.15, 0.2) is 18.2 Å². The zero-order valence-electron chi connectivity index (χ0n) is 16.9. The van der Waals surface area contributed by atoms with Crippen molar-refractivity contribution in [3.8, 4) is 0 Å². The molecule has 4 amide bonds. The summed E-state index contributed by atoms with van der Waals surface area (Å²) in [4.78, 5) is 49.8. The molecule has 2 saturated heterocycles. The first-order chi connectivity index (χ1) is 14.4. The minimum Gasteiger partial charge on any atom is -0.449 e. The van der Waals surface area contributed by atoms with Crippen molar-refractivity contribution in [3.05, 3.63) is 34.9 Å². The molecule has 4 rings (SSSR count). The van der Waals surface area contributed by atoms with E-state index in [4.69, 9.17) is 9.47 Å². The number of hydrogen-bond donors (Lipinski definition) is 2. The molecule has 0 aliphatic carbocycles. The molecule has 3 aliphatic rings. The van der Waals surface area contributed by atoms with Crippen LogP contribution in [0.3, 0.4) is 0 Å². The predicted molar refractivity (Wildman–Crippen MR) is 104 cm³/mol. The van der Waals surface area contributed by atoms with Gasteiger partial charge >= 0.3 is 6.09 Å². The van der Waals surface area contributed by atoms with Crippen LogP contribution in [0.4, 0.5) is 4.79 Å². The van der Waals surface area contributed by atoms with Crippen LogP contribution in [0.2, 0.25) is 0 Å². The lowest BCUT2D eigenvalue weighted by Gasteiger charge is -2.39. The van der Waals surface area contributed by atoms with E-state index in [2.05, 4.69) is 10.6 Å². The molecule has 2 N–H and O–H groups in total. The maximum absolute atomic E-state index is 12.8. The molecule has 0 spiro atoms. The SMILES string of the molecule is CCC1(COC(=O)NCc2ccc3c(c2)C(=O)N(C2CCC(=O)NC2=O)C3)COC1. The van der Waals surface area contributed by atoms with Gasteiger partial charge in [0.05, 0.1) is 18.6 Å².